The molecular weight excluding hydrogens is 1110 g/mol. The van der Waals surface area contributed by atoms with Crippen LogP contribution >= 0.6 is 11.8 Å². The van der Waals surface area contributed by atoms with Gasteiger partial charge in [-0.1, -0.05) is 0 Å². The average Bonchev–Trinajstić information content (AvgIpc) is 3.40. The van der Waals surface area contributed by atoms with Gasteiger partial charge < -0.3 is 112 Å². The van der Waals surface area contributed by atoms with Crippen LogP contribution < -0.4 is 81.0 Å². The molecule has 0 rings (SSSR count). The van der Waals surface area contributed by atoms with Gasteiger partial charge in [0, 0.05) is 13.0 Å². The lowest BCUT2D eigenvalue weighted by Crippen LogP contribution is -2.59. The average molecular weight is 1180 g/mol. The molecule has 0 aliphatic heterocycles. The minimum atomic E-state index is -2.07. The SMILES string of the molecule is CSCC[C@H](N)C(=O)N[C@@H](CO)C(=O)N[C@@H](CO)C(=O)NCC(=O)N[C@@H](C)C(=O)NCC(=O)N[C@@H](CCC(=O)O)C(=O)N[C@@H](CC(=O)O)C(=O)N[C@@H](CO)C(=O)NCC(=O)N[C@@H](C)C(=O)NCC(=O)N[C@@H](CCCN=C(N)N)C(=O)O. The number of nitrogens with zero attached hydrogens (tertiary/aromatic N) is 1. The van der Waals surface area contributed by atoms with Crippen molar-refractivity contribution in [2.24, 2.45) is 22.2 Å². The van der Waals surface area contributed by atoms with Gasteiger partial charge in [-0.2, -0.15) is 11.8 Å². The molecule has 12 amide bonds. The summed E-state index contributed by atoms with van der Waals surface area (Å²) in [6.45, 7) is -4.02. The molecule has 0 aromatic carbocycles. The number of aliphatic carboxylic acids is 3. The van der Waals surface area contributed by atoms with Crippen LogP contribution in [-0.4, -0.2) is 244 Å². The lowest BCUT2D eigenvalue weighted by Gasteiger charge is -2.24. The highest BCUT2D eigenvalue weighted by atomic mass is 32.2. The van der Waals surface area contributed by atoms with Gasteiger partial charge >= 0.3 is 17.9 Å². The molecule has 81 heavy (non-hydrogen) atoms. The number of rotatable bonds is 40. The fourth-order valence-corrected chi connectivity index (χ4v) is 6.65. The monoisotopic (exact) mass is 1180 g/mol. The van der Waals surface area contributed by atoms with Gasteiger partial charge in [-0.25, -0.2) is 4.79 Å². The van der Waals surface area contributed by atoms with E-state index in [-0.39, 0.29) is 31.8 Å². The Balaban J connectivity index is 5.43. The Kier molecular flexibility index (Phi) is 34.9. The predicted molar refractivity (Wildman–Crippen MR) is 278 cm³/mol. The summed E-state index contributed by atoms with van der Waals surface area (Å²) in [5.41, 5.74) is 16.2. The Hall–Kier alpha value is -8.49. The summed E-state index contributed by atoms with van der Waals surface area (Å²) in [5, 5.41) is 82.6. The number of guanidine groups is 1. The van der Waals surface area contributed by atoms with Crippen molar-refractivity contribution in [2.75, 3.05) is 64.6 Å². The second-order valence-electron chi connectivity index (χ2n) is 17.2. The number of aliphatic hydroxyl groups excluding tert-OH is 3. The quantitative estimate of drug-likeness (QED) is 0.0154. The summed E-state index contributed by atoms with van der Waals surface area (Å²) in [4.78, 5) is 191. The number of carboxylic acids is 3. The lowest BCUT2D eigenvalue weighted by molar-refractivity contribution is -0.142. The summed E-state index contributed by atoms with van der Waals surface area (Å²) < 4.78 is 0. The van der Waals surface area contributed by atoms with Crippen molar-refractivity contribution in [3.63, 3.8) is 0 Å². The van der Waals surface area contributed by atoms with E-state index in [0.717, 1.165) is 6.92 Å². The van der Waals surface area contributed by atoms with Gasteiger partial charge in [0.1, 0.15) is 48.3 Å². The maximum Gasteiger partial charge on any atom is 0.326 e. The highest BCUT2D eigenvalue weighted by molar-refractivity contribution is 7.98. The number of amides is 12. The number of nitrogens with one attached hydrogen (secondary N) is 12. The van der Waals surface area contributed by atoms with E-state index in [9.17, 15) is 103 Å². The molecule has 0 bridgehead atoms. The van der Waals surface area contributed by atoms with E-state index in [2.05, 4.69) is 52.8 Å². The number of hydrogen-bond acceptors (Lipinski definition) is 21. The van der Waals surface area contributed by atoms with Gasteiger partial charge in [0.2, 0.25) is 70.9 Å². The van der Waals surface area contributed by atoms with Crippen molar-refractivity contribution < 1.29 is 103 Å². The molecule has 0 heterocycles. The van der Waals surface area contributed by atoms with Crippen LogP contribution in [0, 0.1) is 0 Å². The van der Waals surface area contributed by atoms with Gasteiger partial charge in [0.05, 0.1) is 58.5 Å². The van der Waals surface area contributed by atoms with Crippen molar-refractivity contribution in [1.29, 1.82) is 0 Å². The summed E-state index contributed by atoms with van der Waals surface area (Å²) in [5.74, 6) is -17.2. The molecule has 0 radical (unpaired) electrons. The second kappa shape index (κ2) is 39.0. The van der Waals surface area contributed by atoms with Crippen LogP contribution in [0.25, 0.3) is 0 Å². The van der Waals surface area contributed by atoms with Crippen LogP contribution in [0.3, 0.4) is 0 Å². The summed E-state index contributed by atoms with van der Waals surface area (Å²) in [7, 11) is 0. The van der Waals surface area contributed by atoms with E-state index in [1.165, 1.54) is 18.7 Å². The molecule has 38 heteroatoms. The molecule has 456 valence electrons. The summed E-state index contributed by atoms with van der Waals surface area (Å²) in [6, 6.07) is -14.2. The third-order valence-electron chi connectivity index (χ3n) is 10.5. The molecule has 24 N–H and O–H groups in total. The number of carbonyl (C=O) groups is 15. The Morgan fingerprint density at radius 2 is 0.840 bits per heavy atom. The lowest BCUT2D eigenvalue weighted by atomic mass is 10.1. The number of aliphatic imine (C=N–C) groups is 1. The first kappa shape index (κ1) is 72.5. The van der Waals surface area contributed by atoms with Gasteiger partial charge in [0.15, 0.2) is 5.96 Å². The minimum Gasteiger partial charge on any atom is -0.481 e. The Labute approximate surface area is 465 Å². The summed E-state index contributed by atoms with van der Waals surface area (Å²) >= 11 is 1.42. The Morgan fingerprint density at radius 1 is 0.457 bits per heavy atom. The normalized spacial score (nSPS) is 14.0. The van der Waals surface area contributed by atoms with Gasteiger partial charge in [-0.3, -0.25) is 72.1 Å². The third-order valence-corrected chi connectivity index (χ3v) is 11.2. The largest absolute Gasteiger partial charge is 0.481 e. The first-order valence-corrected chi connectivity index (χ1v) is 25.7. The molecule has 0 saturated carbocycles. The Morgan fingerprint density at radius 3 is 1.25 bits per heavy atom. The molecule has 0 spiro atoms. The maximum absolute atomic E-state index is 13.3. The first-order valence-electron chi connectivity index (χ1n) is 24.3. The molecule has 37 nitrogen and oxygen atoms in total. The van der Waals surface area contributed by atoms with Crippen molar-refractivity contribution in [3.8, 4) is 0 Å². The van der Waals surface area contributed by atoms with E-state index in [0.29, 0.717) is 5.75 Å². The van der Waals surface area contributed by atoms with Crippen LogP contribution in [0.4, 0.5) is 0 Å². The van der Waals surface area contributed by atoms with Crippen LogP contribution in [-0.2, 0) is 71.9 Å². The molecule has 0 unspecified atom stereocenters. The van der Waals surface area contributed by atoms with Crippen LogP contribution in [0.1, 0.15) is 52.4 Å². The number of nitrogens with two attached hydrogens (primary N) is 3. The van der Waals surface area contributed by atoms with E-state index >= 15 is 0 Å². The third kappa shape index (κ3) is 31.0. The Bertz CT molecular complexity index is 2270. The summed E-state index contributed by atoms with van der Waals surface area (Å²) in [6.07, 6.45) is -0.487. The molecule has 9 atom stereocenters. The van der Waals surface area contributed by atoms with Gasteiger partial charge in [-0.05, 0) is 51.5 Å². The molecule has 0 aliphatic carbocycles. The smallest absolute Gasteiger partial charge is 0.326 e. The van der Waals surface area contributed by atoms with Crippen LogP contribution in [0.15, 0.2) is 4.99 Å². The standard InChI is InChI=1S/C43H72N16O21S/c1-19(52-29(64)13-51-38(75)26(17-61)59-41(78)27(18-62)57-36(73)21(44)8-10-81-3)34(71)48-14-30(65)54-22(6-7-32(67)68)39(76)56-24(11-33(69)70)40(77)58-25(16-60)37(74)50-12-28(63)53-20(2)35(72)49-15-31(66)55-23(42(79)80)5-4-9-47-43(45)46/h19-27,60-62H,4-18,44H2,1-3H3,(H,48,71)(H,49,72)(H,50,74)(H,51,75)(H,52,64)(H,53,63)(H,54,65)(H,55,66)(H,56,76)(H,57,73)(H,58,77)(H,59,78)(H,67,68)(H,69,70)(H,79,80)(H4,45,46,47)/t19-,20-,21-,22-,23-,24-,25-,26-,27-/m0/s1. The minimum absolute atomic E-state index is 0.0566. The van der Waals surface area contributed by atoms with Crippen LogP contribution in [0.2, 0.25) is 0 Å². The topological polar surface area (TPSA) is 612 Å². The van der Waals surface area contributed by atoms with E-state index < -0.39 is 208 Å². The van der Waals surface area contributed by atoms with Crippen LogP contribution in [0.5, 0.6) is 0 Å². The number of hydrogen-bond donors (Lipinski definition) is 21. The maximum atomic E-state index is 13.3. The highest BCUT2D eigenvalue weighted by Gasteiger charge is 2.33. The second-order valence-corrected chi connectivity index (χ2v) is 18.2. The predicted octanol–water partition coefficient (Wildman–Crippen LogP) is -12.1. The fraction of sp³-hybridized carbons (Fsp3) is 0.628. The zero-order chi connectivity index (χ0) is 61.9. The van der Waals surface area contributed by atoms with Crippen molar-refractivity contribution in [3.05, 3.63) is 0 Å². The zero-order valence-electron chi connectivity index (χ0n) is 44.2. The van der Waals surface area contributed by atoms with E-state index in [1.807, 2.05) is 16.0 Å². The van der Waals surface area contributed by atoms with Gasteiger partial charge in [-0.15, -0.1) is 0 Å². The highest BCUT2D eigenvalue weighted by Crippen LogP contribution is 2.04. The van der Waals surface area contributed by atoms with Gasteiger partial charge in [0.25, 0.3) is 0 Å². The molecule has 0 aromatic rings. The van der Waals surface area contributed by atoms with Crippen molar-refractivity contribution >= 4 is 107 Å². The number of carboxylic acid groups (broad SMARTS) is 3. The van der Waals surface area contributed by atoms with Crippen molar-refractivity contribution in [2.45, 2.75) is 107 Å². The first-order chi connectivity index (χ1) is 38.0. The number of carbonyl (C=O) groups excluding carboxylic acids is 12. The number of thioether (sulfide) groups is 1. The zero-order valence-corrected chi connectivity index (χ0v) is 45.0. The molecule has 0 aromatic heterocycles. The molecule has 0 aliphatic rings. The molecule has 0 fully saturated rings. The fourth-order valence-electron chi connectivity index (χ4n) is 6.16. The van der Waals surface area contributed by atoms with E-state index in [1.54, 1.807) is 6.26 Å². The molecular formula is C43H72N16O21S. The molecule has 0 saturated heterocycles. The van der Waals surface area contributed by atoms with E-state index in [4.69, 9.17) is 17.2 Å². The number of aliphatic hydroxyl groups is 3. The van der Waals surface area contributed by atoms with Crippen molar-refractivity contribution in [1.82, 2.24) is 63.8 Å².